The number of benzene rings is 3. The second kappa shape index (κ2) is 9.99. The number of hydrogen-bond donors (Lipinski definition) is 0. The number of nitrogens with zero attached hydrogens (tertiary/aromatic N) is 2. The van der Waals surface area contributed by atoms with Gasteiger partial charge in [-0.15, -0.1) is 0 Å². The van der Waals surface area contributed by atoms with Gasteiger partial charge in [0.15, 0.2) is 18.1 Å². The molecular formula is C26H24N2O4. The Labute approximate surface area is 187 Å². The fraction of sp³-hybridized carbons (Fsp3) is 0.231. The van der Waals surface area contributed by atoms with Gasteiger partial charge >= 0.3 is 0 Å². The highest BCUT2D eigenvalue weighted by molar-refractivity contribution is 6.01. The first-order valence-corrected chi connectivity index (χ1v) is 10.5. The number of amides is 1. The fourth-order valence-electron chi connectivity index (χ4n) is 3.73. The van der Waals surface area contributed by atoms with Crippen LogP contribution in [0.25, 0.3) is 22.4 Å². The Hall–Kier alpha value is -3.82. The molecular weight excluding hydrogens is 404 g/mol. The maximum atomic E-state index is 12.3. The Morgan fingerprint density at radius 3 is 2.66 bits per heavy atom. The highest BCUT2D eigenvalue weighted by atomic mass is 16.5. The molecule has 4 rings (SSSR count). The van der Waals surface area contributed by atoms with Crippen molar-refractivity contribution in [2.24, 2.45) is 0 Å². The molecule has 0 spiro atoms. The van der Waals surface area contributed by atoms with Crippen molar-refractivity contribution in [3.63, 3.8) is 0 Å². The van der Waals surface area contributed by atoms with Crippen LogP contribution in [0.5, 0.6) is 11.5 Å². The first-order valence-electron chi connectivity index (χ1n) is 10.5. The van der Waals surface area contributed by atoms with Crippen molar-refractivity contribution in [2.75, 3.05) is 40.0 Å². The molecule has 1 heterocycles. The summed E-state index contributed by atoms with van der Waals surface area (Å²) in [7, 11) is 1.55. The summed E-state index contributed by atoms with van der Waals surface area (Å²) >= 11 is 0. The lowest BCUT2D eigenvalue weighted by molar-refractivity contribution is -0.137. The molecule has 0 saturated carbocycles. The lowest BCUT2D eigenvalue weighted by Gasteiger charge is -2.26. The molecule has 0 radical (unpaired) electrons. The molecule has 32 heavy (non-hydrogen) atoms. The summed E-state index contributed by atoms with van der Waals surface area (Å²) in [6, 6.07) is 21.6. The SMILES string of the molecule is COc1cc(/C=C(\C#N)c2cccc3ccccc23)ccc1OCC(=O)N1CCOCC1. The number of morpholine rings is 1. The summed E-state index contributed by atoms with van der Waals surface area (Å²) in [5.41, 5.74) is 2.24. The van der Waals surface area contributed by atoms with Crippen LogP contribution < -0.4 is 9.47 Å². The van der Waals surface area contributed by atoms with E-state index in [0.717, 1.165) is 21.9 Å². The fourth-order valence-corrected chi connectivity index (χ4v) is 3.73. The Bertz CT molecular complexity index is 1180. The molecule has 1 aliphatic heterocycles. The maximum absolute atomic E-state index is 12.3. The van der Waals surface area contributed by atoms with E-state index >= 15 is 0 Å². The summed E-state index contributed by atoms with van der Waals surface area (Å²) in [5, 5.41) is 11.9. The molecule has 162 valence electrons. The molecule has 0 unspecified atom stereocenters. The first kappa shape index (κ1) is 21.4. The number of hydrogen-bond acceptors (Lipinski definition) is 5. The van der Waals surface area contributed by atoms with E-state index in [1.165, 1.54) is 0 Å². The average molecular weight is 428 g/mol. The lowest BCUT2D eigenvalue weighted by atomic mass is 9.97. The highest BCUT2D eigenvalue weighted by Gasteiger charge is 2.18. The predicted molar refractivity (Wildman–Crippen MR) is 123 cm³/mol. The Morgan fingerprint density at radius 1 is 1.09 bits per heavy atom. The maximum Gasteiger partial charge on any atom is 0.260 e. The quantitative estimate of drug-likeness (QED) is 0.436. The van der Waals surface area contributed by atoms with Gasteiger partial charge in [-0.2, -0.15) is 5.26 Å². The van der Waals surface area contributed by atoms with E-state index in [9.17, 15) is 10.1 Å². The molecule has 6 nitrogen and oxygen atoms in total. The van der Waals surface area contributed by atoms with Crippen molar-refractivity contribution in [2.45, 2.75) is 0 Å². The molecule has 1 aliphatic rings. The van der Waals surface area contributed by atoms with Gasteiger partial charge in [-0.05, 0) is 34.5 Å². The largest absolute Gasteiger partial charge is 0.493 e. The molecule has 0 bridgehead atoms. The molecule has 0 aliphatic carbocycles. The third-order valence-electron chi connectivity index (χ3n) is 5.41. The number of carbonyl (C=O) groups is 1. The first-order chi connectivity index (χ1) is 15.7. The third kappa shape index (κ3) is 4.74. The van der Waals surface area contributed by atoms with Crippen LogP contribution in [0.2, 0.25) is 0 Å². The number of methoxy groups -OCH3 is 1. The molecule has 6 heteroatoms. The molecule has 3 aromatic rings. The predicted octanol–water partition coefficient (Wildman–Crippen LogP) is 4.15. The van der Waals surface area contributed by atoms with Gasteiger partial charge in [0.25, 0.3) is 5.91 Å². The van der Waals surface area contributed by atoms with Crippen molar-refractivity contribution < 1.29 is 19.0 Å². The molecule has 1 fully saturated rings. The van der Waals surface area contributed by atoms with Crippen molar-refractivity contribution >= 4 is 28.3 Å². The minimum Gasteiger partial charge on any atom is -0.493 e. The zero-order valence-electron chi connectivity index (χ0n) is 17.9. The number of nitriles is 1. The summed E-state index contributed by atoms with van der Waals surface area (Å²) in [4.78, 5) is 14.1. The second-order valence-electron chi connectivity index (χ2n) is 7.39. The highest BCUT2D eigenvalue weighted by Crippen LogP contribution is 2.31. The van der Waals surface area contributed by atoms with Gasteiger partial charge in [0, 0.05) is 18.7 Å². The Kier molecular flexibility index (Phi) is 6.69. The molecule has 3 aromatic carbocycles. The number of fused-ring (bicyclic) bond motifs is 1. The van der Waals surface area contributed by atoms with E-state index in [0.29, 0.717) is 43.4 Å². The van der Waals surface area contributed by atoms with E-state index < -0.39 is 0 Å². The van der Waals surface area contributed by atoms with Gasteiger partial charge < -0.3 is 19.1 Å². The van der Waals surface area contributed by atoms with Crippen LogP contribution in [0.4, 0.5) is 0 Å². The van der Waals surface area contributed by atoms with Gasteiger partial charge in [-0.25, -0.2) is 0 Å². The summed E-state index contributed by atoms with van der Waals surface area (Å²) < 4.78 is 16.5. The minimum atomic E-state index is -0.0814. The number of ether oxygens (including phenoxy) is 3. The van der Waals surface area contributed by atoms with Gasteiger partial charge in [-0.1, -0.05) is 48.5 Å². The smallest absolute Gasteiger partial charge is 0.260 e. The van der Waals surface area contributed by atoms with Crippen LogP contribution in [0.15, 0.2) is 60.7 Å². The molecule has 0 N–H and O–H groups in total. The summed E-state index contributed by atoms with van der Waals surface area (Å²) in [6.07, 6.45) is 1.83. The minimum absolute atomic E-state index is 0.0645. The van der Waals surface area contributed by atoms with Crippen molar-refractivity contribution in [3.05, 3.63) is 71.8 Å². The third-order valence-corrected chi connectivity index (χ3v) is 5.41. The standard InChI is InChI=1S/C26H24N2O4/c1-30-25-16-19(9-10-24(25)32-18-26(29)28-11-13-31-14-12-28)15-21(17-27)23-8-4-6-20-5-2-3-7-22(20)23/h2-10,15-16H,11-14,18H2,1H3/b21-15+. The van der Waals surface area contributed by atoms with Crippen molar-refractivity contribution in [1.29, 1.82) is 5.26 Å². The molecule has 1 saturated heterocycles. The second-order valence-corrected chi connectivity index (χ2v) is 7.39. The van der Waals surface area contributed by atoms with Crippen LogP contribution in [-0.4, -0.2) is 50.8 Å². The van der Waals surface area contributed by atoms with Gasteiger partial charge in [0.1, 0.15) is 0 Å². The van der Waals surface area contributed by atoms with Crippen LogP contribution >= 0.6 is 0 Å². The van der Waals surface area contributed by atoms with E-state index in [4.69, 9.17) is 14.2 Å². The summed E-state index contributed by atoms with van der Waals surface area (Å²) in [5.74, 6) is 0.903. The van der Waals surface area contributed by atoms with Crippen molar-refractivity contribution in [1.82, 2.24) is 4.90 Å². The molecule has 0 atom stereocenters. The number of carbonyl (C=O) groups excluding carboxylic acids is 1. The van der Waals surface area contributed by atoms with Crippen LogP contribution in [0.1, 0.15) is 11.1 Å². The Morgan fingerprint density at radius 2 is 1.88 bits per heavy atom. The van der Waals surface area contributed by atoms with Crippen molar-refractivity contribution in [3.8, 4) is 17.6 Å². The summed E-state index contributed by atoms with van der Waals surface area (Å²) in [6.45, 7) is 2.19. The van der Waals surface area contributed by atoms with E-state index in [2.05, 4.69) is 6.07 Å². The van der Waals surface area contributed by atoms with Gasteiger partial charge in [0.05, 0.1) is 32.0 Å². The molecule has 1 amide bonds. The topological polar surface area (TPSA) is 71.8 Å². The average Bonchev–Trinajstić information content (AvgIpc) is 2.86. The molecule has 0 aromatic heterocycles. The van der Waals surface area contributed by atoms with Crippen LogP contribution in [0, 0.1) is 11.3 Å². The van der Waals surface area contributed by atoms with E-state index in [-0.39, 0.29) is 12.5 Å². The van der Waals surface area contributed by atoms with Crippen LogP contribution in [-0.2, 0) is 9.53 Å². The number of rotatable bonds is 6. The lowest BCUT2D eigenvalue weighted by Crippen LogP contribution is -2.43. The van der Waals surface area contributed by atoms with Gasteiger partial charge in [0.2, 0.25) is 0 Å². The Balaban J connectivity index is 1.55. The van der Waals surface area contributed by atoms with Gasteiger partial charge in [-0.3, -0.25) is 4.79 Å². The zero-order valence-corrected chi connectivity index (χ0v) is 17.9. The van der Waals surface area contributed by atoms with Crippen LogP contribution in [0.3, 0.4) is 0 Å². The van der Waals surface area contributed by atoms with E-state index in [1.807, 2.05) is 54.6 Å². The number of allylic oxidation sites excluding steroid dienone is 1. The monoisotopic (exact) mass is 428 g/mol. The van der Waals surface area contributed by atoms with E-state index in [1.54, 1.807) is 24.1 Å². The normalized spacial score (nSPS) is 14.1. The zero-order chi connectivity index (χ0) is 22.3.